The van der Waals surface area contributed by atoms with Crippen LogP contribution >= 0.6 is 0 Å². The smallest absolute Gasteiger partial charge is 0.307 e. The summed E-state index contributed by atoms with van der Waals surface area (Å²) in [7, 11) is 0. The molecule has 2 N–H and O–H groups in total. The van der Waals surface area contributed by atoms with Crippen molar-refractivity contribution in [3.05, 3.63) is 89.0 Å². The molecule has 11 heteroatoms. The first-order valence-corrected chi connectivity index (χ1v) is 9.30. The minimum atomic E-state index is -4.50. The number of nitrogens with zero attached hydrogens (tertiary/aromatic N) is 2. The molecule has 0 bridgehead atoms. The van der Waals surface area contributed by atoms with Crippen LogP contribution < -0.4 is 10.6 Å². The van der Waals surface area contributed by atoms with E-state index in [9.17, 15) is 31.5 Å². The Balaban J connectivity index is 1.68. The Morgan fingerprint density at radius 1 is 0.848 bits per heavy atom. The molecule has 0 aliphatic carbocycles. The lowest BCUT2D eigenvalue weighted by Crippen LogP contribution is -2.35. The fourth-order valence-corrected chi connectivity index (χ4v) is 2.74. The van der Waals surface area contributed by atoms with E-state index in [1.54, 1.807) is 6.92 Å². The summed E-state index contributed by atoms with van der Waals surface area (Å²) in [6.45, 7) is 1.59. The molecule has 0 heterocycles. The molecule has 0 saturated carbocycles. The summed E-state index contributed by atoms with van der Waals surface area (Å²) in [6.07, 6.45) is -4.50. The van der Waals surface area contributed by atoms with Crippen molar-refractivity contribution in [1.29, 1.82) is 0 Å². The van der Waals surface area contributed by atoms with Crippen LogP contribution in [-0.2, 0) is 6.18 Å². The second-order valence-electron chi connectivity index (χ2n) is 6.75. The van der Waals surface area contributed by atoms with Gasteiger partial charge in [-0.1, -0.05) is 12.1 Å². The number of hydrogen-bond donors (Lipinski definition) is 2. The average molecular weight is 462 g/mol. The van der Waals surface area contributed by atoms with Gasteiger partial charge in [-0.15, -0.1) is 0 Å². The van der Waals surface area contributed by atoms with E-state index >= 15 is 0 Å². The van der Waals surface area contributed by atoms with Gasteiger partial charge in [0.25, 0.3) is 5.91 Å². The predicted molar refractivity (Wildman–Crippen MR) is 110 cm³/mol. The lowest BCUT2D eigenvalue weighted by atomic mass is 10.1. The number of carbonyl (C=O) groups is 2. The lowest BCUT2D eigenvalue weighted by molar-refractivity contribution is -0.137. The van der Waals surface area contributed by atoms with Crippen molar-refractivity contribution in [1.82, 2.24) is 5.32 Å². The number of urea groups is 1. The molecule has 0 aliphatic rings. The number of imide groups is 1. The van der Waals surface area contributed by atoms with Gasteiger partial charge in [0.15, 0.2) is 0 Å². The maximum atomic E-state index is 13.7. The monoisotopic (exact) mass is 462 g/mol. The Hall–Kier alpha value is -4.15. The van der Waals surface area contributed by atoms with E-state index in [0.29, 0.717) is 11.3 Å². The molecule has 3 rings (SSSR count). The molecule has 33 heavy (non-hydrogen) atoms. The number of aryl methyl sites for hydroxylation is 1. The minimum Gasteiger partial charge on any atom is -0.307 e. The summed E-state index contributed by atoms with van der Waals surface area (Å²) < 4.78 is 65.6. The molecule has 0 aliphatic heterocycles. The fraction of sp³-hybridized carbons (Fsp3) is 0.0909. The van der Waals surface area contributed by atoms with Crippen molar-refractivity contribution in [2.75, 3.05) is 5.32 Å². The molecule has 3 amide bonds. The highest BCUT2D eigenvalue weighted by Gasteiger charge is 2.30. The molecule has 0 unspecified atom stereocenters. The topological polar surface area (TPSA) is 82.9 Å². The summed E-state index contributed by atoms with van der Waals surface area (Å²) >= 11 is 0. The zero-order valence-corrected chi connectivity index (χ0v) is 16.9. The van der Waals surface area contributed by atoms with Crippen molar-refractivity contribution in [3.63, 3.8) is 0 Å². The fourth-order valence-electron chi connectivity index (χ4n) is 2.74. The Morgan fingerprint density at radius 2 is 1.45 bits per heavy atom. The Bertz CT molecular complexity index is 1220. The van der Waals surface area contributed by atoms with E-state index in [1.165, 1.54) is 30.3 Å². The lowest BCUT2D eigenvalue weighted by Gasteiger charge is -2.10. The third kappa shape index (κ3) is 5.97. The van der Waals surface area contributed by atoms with E-state index in [2.05, 4.69) is 15.5 Å². The number of benzene rings is 3. The van der Waals surface area contributed by atoms with E-state index < -0.39 is 40.9 Å². The first-order chi connectivity index (χ1) is 15.5. The molecular formula is C22H15F5N4O2. The number of hydrogen-bond acceptors (Lipinski definition) is 4. The quantitative estimate of drug-likeness (QED) is 0.335. The molecule has 0 spiro atoms. The van der Waals surface area contributed by atoms with Crippen molar-refractivity contribution in [3.8, 4) is 0 Å². The van der Waals surface area contributed by atoms with Crippen molar-refractivity contribution < 1.29 is 31.5 Å². The number of azo groups is 1. The zero-order chi connectivity index (χ0) is 24.2. The number of nitrogens with one attached hydrogen (secondary N) is 2. The maximum absolute atomic E-state index is 13.7. The summed E-state index contributed by atoms with van der Waals surface area (Å²) in [4.78, 5) is 24.0. The molecular weight excluding hydrogens is 447 g/mol. The summed E-state index contributed by atoms with van der Waals surface area (Å²) in [6, 6.07) is 10.5. The molecule has 0 saturated heterocycles. The largest absolute Gasteiger partial charge is 0.416 e. The average Bonchev–Trinajstić information content (AvgIpc) is 2.73. The standard InChI is InChI=1S/C22H15F5N4O2/c1-12-10-15(31-30-14-5-2-4-13(11-14)22(25,26)27)8-9-18(12)28-21(33)29-20(32)19-16(23)6-3-7-17(19)24/h2-11H,1H3,(H2,28,29,32,33). The van der Waals surface area contributed by atoms with Crippen LogP contribution in [0.15, 0.2) is 70.9 Å². The van der Waals surface area contributed by atoms with Crippen LogP contribution in [0.2, 0.25) is 0 Å². The number of carbonyl (C=O) groups excluding carboxylic acids is 2. The zero-order valence-electron chi connectivity index (χ0n) is 16.9. The second-order valence-corrected chi connectivity index (χ2v) is 6.75. The van der Waals surface area contributed by atoms with Gasteiger partial charge in [-0.2, -0.15) is 23.4 Å². The molecule has 3 aromatic rings. The van der Waals surface area contributed by atoms with Gasteiger partial charge in [0, 0.05) is 5.69 Å². The highest BCUT2D eigenvalue weighted by Crippen LogP contribution is 2.32. The van der Waals surface area contributed by atoms with Crippen LogP contribution in [-0.4, -0.2) is 11.9 Å². The van der Waals surface area contributed by atoms with Crippen LogP contribution in [0.1, 0.15) is 21.5 Å². The normalized spacial score (nSPS) is 11.5. The molecule has 0 aromatic heterocycles. The van der Waals surface area contributed by atoms with Crippen molar-refractivity contribution in [2.24, 2.45) is 10.2 Å². The van der Waals surface area contributed by atoms with Gasteiger partial charge in [0.2, 0.25) is 0 Å². The highest BCUT2D eigenvalue weighted by molar-refractivity contribution is 6.08. The second kappa shape index (κ2) is 9.55. The number of anilines is 1. The van der Waals surface area contributed by atoms with Crippen molar-refractivity contribution in [2.45, 2.75) is 13.1 Å². The van der Waals surface area contributed by atoms with Crippen LogP contribution in [0.3, 0.4) is 0 Å². The Morgan fingerprint density at radius 3 is 2.06 bits per heavy atom. The minimum absolute atomic E-state index is 0.00273. The predicted octanol–water partition coefficient (Wildman–Crippen LogP) is 6.67. The summed E-state index contributed by atoms with van der Waals surface area (Å²) in [5.41, 5.74) is -0.717. The summed E-state index contributed by atoms with van der Waals surface area (Å²) in [5, 5.41) is 11.9. The maximum Gasteiger partial charge on any atom is 0.416 e. The van der Waals surface area contributed by atoms with Gasteiger partial charge < -0.3 is 5.32 Å². The van der Waals surface area contributed by atoms with E-state index in [4.69, 9.17) is 0 Å². The van der Waals surface area contributed by atoms with Gasteiger partial charge in [-0.25, -0.2) is 13.6 Å². The number of alkyl halides is 3. The van der Waals surface area contributed by atoms with Gasteiger partial charge in [0.1, 0.15) is 17.2 Å². The molecule has 6 nitrogen and oxygen atoms in total. The first kappa shape index (κ1) is 23.5. The van der Waals surface area contributed by atoms with Crippen LogP contribution in [0.5, 0.6) is 0 Å². The molecule has 0 fully saturated rings. The third-order valence-corrected chi connectivity index (χ3v) is 4.33. The van der Waals surface area contributed by atoms with Crippen molar-refractivity contribution >= 4 is 29.0 Å². The number of rotatable bonds is 4. The molecule has 0 radical (unpaired) electrons. The molecule has 0 atom stereocenters. The number of halogens is 5. The third-order valence-electron chi connectivity index (χ3n) is 4.33. The van der Waals surface area contributed by atoms with Crippen LogP contribution in [0.4, 0.5) is 43.8 Å². The van der Waals surface area contributed by atoms with Gasteiger partial charge >= 0.3 is 12.2 Å². The van der Waals surface area contributed by atoms with E-state index in [-0.39, 0.29) is 11.4 Å². The van der Waals surface area contributed by atoms with E-state index in [0.717, 1.165) is 30.3 Å². The Kier molecular flexibility index (Phi) is 6.80. The molecule has 170 valence electrons. The van der Waals surface area contributed by atoms with Gasteiger partial charge in [-0.3, -0.25) is 10.1 Å². The Labute approximate surface area is 184 Å². The van der Waals surface area contributed by atoms with E-state index in [1.807, 2.05) is 5.32 Å². The first-order valence-electron chi connectivity index (χ1n) is 9.30. The van der Waals surface area contributed by atoms with Crippen LogP contribution in [0, 0.1) is 18.6 Å². The van der Waals surface area contributed by atoms with Gasteiger partial charge in [-0.05, 0) is 61.0 Å². The van der Waals surface area contributed by atoms with Crippen LogP contribution in [0.25, 0.3) is 0 Å². The highest BCUT2D eigenvalue weighted by atomic mass is 19.4. The molecule has 3 aromatic carbocycles. The number of amides is 3. The van der Waals surface area contributed by atoms with Gasteiger partial charge in [0.05, 0.1) is 16.9 Å². The summed E-state index contributed by atoms with van der Waals surface area (Å²) in [5.74, 6) is -3.49. The SMILES string of the molecule is Cc1cc(N=Nc2cccc(C(F)(F)F)c2)ccc1NC(=O)NC(=O)c1c(F)cccc1F.